The summed E-state index contributed by atoms with van der Waals surface area (Å²) in [6.45, 7) is 0.513. The lowest BCUT2D eigenvalue weighted by Gasteiger charge is -2.06. The van der Waals surface area contributed by atoms with Crippen molar-refractivity contribution in [2.24, 2.45) is 0 Å². The van der Waals surface area contributed by atoms with Crippen LogP contribution in [0.5, 0.6) is 11.5 Å². The average Bonchev–Trinajstić information content (AvgIpc) is 3.34. The predicted octanol–water partition coefficient (Wildman–Crippen LogP) is 3.72. The first kappa shape index (κ1) is 16.5. The summed E-state index contributed by atoms with van der Waals surface area (Å²) >= 11 is 1.54. The number of aromatic nitrogens is 1. The molecule has 4 rings (SSSR count). The third-order valence-corrected chi connectivity index (χ3v) is 4.79. The zero-order valence-corrected chi connectivity index (χ0v) is 14.8. The van der Waals surface area contributed by atoms with Gasteiger partial charge in [0.1, 0.15) is 5.69 Å². The minimum atomic E-state index is -0.137. The van der Waals surface area contributed by atoms with E-state index in [2.05, 4.69) is 10.5 Å². The molecule has 0 atom stereocenters. The van der Waals surface area contributed by atoms with Crippen LogP contribution >= 0.6 is 11.8 Å². The molecule has 7 heteroatoms. The first-order valence-electron chi connectivity index (χ1n) is 8.01. The summed E-state index contributed by atoms with van der Waals surface area (Å²) in [6.07, 6.45) is 1.95. The van der Waals surface area contributed by atoms with Gasteiger partial charge < -0.3 is 19.3 Å². The van der Waals surface area contributed by atoms with Crippen molar-refractivity contribution in [1.82, 2.24) is 10.5 Å². The molecule has 0 saturated heterocycles. The molecule has 132 valence electrons. The predicted molar refractivity (Wildman–Crippen MR) is 97.5 cm³/mol. The minimum Gasteiger partial charge on any atom is -0.454 e. The number of nitrogens with one attached hydrogen (secondary N) is 1. The highest BCUT2D eigenvalue weighted by molar-refractivity contribution is 7.98. The normalized spacial score (nSPS) is 12.2. The molecule has 0 radical (unpaired) electrons. The minimum absolute atomic E-state index is 0.137. The van der Waals surface area contributed by atoms with Gasteiger partial charge in [-0.15, -0.1) is 11.8 Å². The Hall–Kier alpha value is -2.93. The zero-order chi connectivity index (χ0) is 17.9. The lowest BCUT2D eigenvalue weighted by molar-refractivity contribution is 0.0947. The van der Waals surface area contributed by atoms with E-state index in [1.165, 1.54) is 11.8 Å². The van der Waals surface area contributed by atoms with Crippen molar-refractivity contribution in [2.75, 3.05) is 13.0 Å². The molecule has 0 aliphatic carbocycles. The van der Waals surface area contributed by atoms with E-state index in [-0.39, 0.29) is 19.2 Å². The SMILES string of the molecule is CSc1ccccc1C(=O)NCc1cc(-c2ccc3c(c2)OCO3)on1. The van der Waals surface area contributed by atoms with Gasteiger partial charge in [0.05, 0.1) is 12.1 Å². The Morgan fingerprint density at radius 1 is 1.15 bits per heavy atom. The van der Waals surface area contributed by atoms with Gasteiger partial charge >= 0.3 is 0 Å². The number of carbonyl (C=O) groups excluding carboxylic acids is 1. The van der Waals surface area contributed by atoms with E-state index in [0.29, 0.717) is 28.5 Å². The number of carbonyl (C=O) groups is 1. The number of hydrogen-bond donors (Lipinski definition) is 1. The number of nitrogens with zero attached hydrogens (tertiary/aromatic N) is 1. The fourth-order valence-electron chi connectivity index (χ4n) is 2.68. The second kappa shape index (κ2) is 7.13. The van der Waals surface area contributed by atoms with Gasteiger partial charge in [-0.1, -0.05) is 17.3 Å². The van der Waals surface area contributed by atoms with Crippen LogP contribution in [0.25, 0.3) is 11.3 Å². The number of hydrogen-bond acceptors (Lipinski definition) is 6. The van der Waals surface area contributed by atoms with Crippen LogP contribution in [-0.2, 0) is 6.54 Å². The highest BCUT2D eigenvalue weighted by Gasteiger charge is 2.16. The molecule has 0 spiro atoms. The van der Waals surface area contributed by atoms with Crippen LogP contribution in [0.15, 0.2) is 57.9 Å². The van der Waals surface area contributed by atoms with Gasteiger partial charge in [-0.25, -0.2) is 0 Å². The molecule has 2 heterocycles. The quantitative estimate of drug-likeness (QED) is 0.692. The lowest BCUT2D eigenvalue weighted by atomic mass is 10.1. The first-order valence-corrected chi connectivity index (χ1v) is 9.24. The summed E-state index contributed by atoms with van der Waals surface area (Å²) < 4.78 is 16.1. The summed E-state index contributed by atoms with van der Waals surface area (Å²) in [5, 5.41) is 6.90. The summed E-state index contributed by atoms with van der Waals surface area (Å²) in [4.78, 5) is 13.3. The van der Waals surface area contributed by atoms with Crippen LogP contribution in [0.1, 0.15) is 16.1 Å². The Kier molecular flexibility index (Phi) is 4.53. The highest BCUT2D eigenvalue weighted by atomic mass is 32.2. The monoisotopic (exact) mass is 368 g/mol. The van der Waals surface area contributed by atoms with E-state index in [1.54, 1.807) is 6.07 Å². The van der Waals surface area contributed by atoms with E-state index in [1.807, 2.05) is 48.7 Å². The average molecular weight is 368 g/mol. The molecule has 0 unspecified atom stereocenters. The second-order valence-electron chi connectivity index (χ2n) is 5.63. The topological polar surface area (TPSA) is 73.6 Å². The maximum absolute atomic E-state index is 12.4. The van der Waals surface area contributed by atoms with Crippen molar-refractivity contribution >= 4 is 17.7 Å². The molecule has 3 aromatic rings. The van der Waals surface area contributed by atoms with Crippen LogP contribution in [0.4, 0.5) is 0 Å². The van der Waals surface area contributed by atoms with Gasteiger partial charge in [-0.05, 0) is 36.6 Å². The first-order chi connectivity index (χ1) is 12.7. The number of benzene rings is 2. The van der Waals surface area contributed by atoms with Gasteiger partial charge in [-0.3, -0.25) is 4.79 Å². The molecule has 1 aliphatic heterocycles. The largest absolute Gasteiger partial charge is 0.454 e. The van der Waals surface area contributed by atoms with E-state index >= 15 is 0 Å². The van der Waals surface area contributed by atoms with Gasteiger partial charge in [0.15, 0.2) is 17.3 Å². The van der Waals surface area contributed by atoms with Crippen molar-refractivity contribution in [3.05, 3.63) is 59.8 Å². The number of thioether (sulfide) groups is 1. The molecule has 1 aromatic heterocycles. The van der Waals surface area contributed by atoms with Gasteiger partial charge in [-0.2, -0.15) is 0 Å². The fraction of sp³-hybridized carbons (Fsp3) is 0.158. The standard InChI is InChI=1S/C19H16N2O4S/c1-26-18-5-3-2-4-14(18)19(22)20-10-13-9-16(25-21-13)12-6-7-15-17(8-12)24-11-23-15/h2-9H,10-11H2,1H3,(H,20,22). The van der Waals surface area contributed by atoms with Gasteiger partial charge in [0.2, 0.25) is 6.79 Å². The van der Waals surface area contributed by atoms with Crippen LogP contribution in [0, 0.1) is 0 Å². The maximum Gasteiger partial charge on any atom is 0.252 e. The van der Waals surface area contributed by atoms with Crippen LogP contribution < -0.4 is 14.8 Å². The third kappa shape index (κ3) is 3.25. The Morgan fingerprint density at radius 2 is 2.00 bits per heavy atom. The maximum atomic E-state index is 12.4. The smallest absolute Gasteiger partial charge is 0.252 e. The molecule has 2 aromatic carbocycles. The van der Waals surface area contributed by atoms with Crippen LogP contribution in [-0.4, -0.2) is 24.1 Å². The molecular formula is C19H16N2O4S. The number of ether oxygens (including phenoxy) is 2. The summed E-state index contributed by atoms with van der Waals surface area (Å²) in [5.41, 5.74) is 2.14. The molecule has 1 aliphatic rings. The molecule has 1 amide bonds. The van der Waals surface area contributed by atoms with Crippen LogP contribution in [0.2, 0.25) is 0 Å². The van der Waals surface area contributed by atoms with Gasteiger partial charge in [0, 0.05) is 16.5 Å². The second-order valence-corrected chi connectivity index (χ2v) is 6.48. The number of amides is 1. The van der Waals surface area contributed by atoms with Crippen molar-refractivity contribution < 1.29 is 18.8 Å². The van der Waals surface area contributed by atoms with Crippen LogP contribution in [0.3, 0.4) is 0 Å². The van der Waals surface area contributed by atoms with E-state index in [9.17, 15) is 4.79 Å². The number of fused-ring (bicyclic) bond motifs is 1. The van der Waals surface area contributed by atoms with Crippen molar-refractivity contribution in [1.29, 1.82) is 0 Å². The van der Waals surface area contributed by atoms with E-state index in [0.717, 1.165) is 10.5 Å². The Bertz CT molecular complexity index is 954. The highest BCUT2D eigenvalue weighted by Crippen LogP contribution is 2.36. The summed E-state index contributed by atoms with van der Waals surface area (Å²) in [7, 11) is 0. The number of rotatable bonds is 5. The fourth-order valence-corrected chi connectivity index (χ4v) is 3.27. The molecular weight excluding hydrogens is 352 g/mol. The van der Waals surface area contributed by atoms with Gasteiger partial charge in [0.25, 0.3) is 5.91 Å². The summed E-state index contributed by atoms with van der Waals surface area (Å²) in [5.74, 6) is 1.87. The van der Waals surface area contributed by atoms with Crippen molar-refractivity contribution in [3.63, 3.8) is 0 Å². The van der Waals surface area contributed by atoms with E-state index < -0.39 is 0 Å². The Morgan fingerprint density at radius 3 is 2.88 bits per heavy atom. The Labute approximate surface area is 154 Å². The zero-order valence-electron chi connectivity index (χ0n) is 14.0. The lowest BCUT2D eigenvalue weighted by Crippen LogP contribution is -2.23. The van der Waals surface area contributed by atoms with Crippen molar-refractivity contribution in [2.45, 2.75) is 11.4 Å². The van der Waals surface area contributed by atoms with Crippen molar-refractivity contribution in [3.8, 4) is 22.8 Å². The molecule has 1 N–H and O–H groups in total. The summed E-state index contributed by atoms with van der Waals surface area (Å²) in [6, 6.07) is 14.9. The molecule has 6 nitrogen and oxygen atoms in total. The Balaban J connectivity index is 1.45. The molecule has 26 heavy (non-hydrogen) atoms. The molecule has 0 bridgehead atoms. The third-order valence-electron chi connectivity index (χ3n) is 4.00. The molecule has 0 fully saturated rings. The van der Waals surface area contributed by atoms with E-state index in [4.69, 9.17) is 14.0 Å². The molecule has 0 saturated carbocycles.